The van der Waals surface area contributed by atoms with Gasteiger partial charge in [0.25, 0.3) is 5.56 Å². The molecule has 1 aliphatic rings. The van der Waals surface area contributed by atoms with E-state index < -0.39 is 52.1 Å². The maximum Gasteiger partial charge on any atom is 0.592 e. The Morgan fingerprint density at radius 2 is 1.94 bits per heavy atom. The zero-order valence-corrected chi connectivity index (χ0v) is 19.1. The summed E-state index contributed by atoms with van der Waals surface area (Å²) in [6, 6.07) is 1.05. The first-order valence-corrected chi connectivity index (χ1v) is 11.6. The van der Waals surface area contributed by atoms with E-state index in [1.807, 2.05) is 13.8 Å². The molecule has 2 heterocycles. The van der Waals surface area contributed by atoms with Gasteiger partial charge in [0, 0.05) is 25.5 Å². The zero-order valence-electron chi connectivity index (χ0n) is 18.3. The van der Waals surface area contributed by atoms with E-state index in [9.17, 15) is 27.3 Å². The van der Waals surface area contributed by atoms with Crippen molar-refractivity contribution in [3.05, 3.63) is 33.1 Å². The lowest BCUT2D eigenvalue weighted by molar-refractivity contribution is -0.0778. The van der Waals surface area contributed by atoms with Gasteiger partial charge in [-0.15, -0.1) is 17.9 Å². The number of hydrogen-bond donors (Lipinski definition) is 2. The van der Waals surface area contributed by atoms with Gasteiger partial charge in [-0.05, 0) is 19.8 Å². The summed E-state index contributed by atoms with van der Waals surface area (Å²) in [5.41, 5.74) is -8.34. The zero-order chi connectivity index (χ0) is 23.9. The minimum Gasteiger partial charge on any atom is -0.591 e. The number of aromatic amines is 1. The van der Waals surface area contributed by atoms with Crippen LogP contribution >= 0.6 is 0 Å². The largest absolute Gasteiger partial charge is 0.592 e. The highest BCUT2D eigenvalue weighted by atomic mass is 32.2. The lowest BCUT2D eigenvalue weighted by Crippen LogP contribution is -2.61. The normalized spacial score (nSPS) is 27.0. The summed E-state index contributed by atoms with van der Waals surface area (Å²) in [7, 11) is 0. The number of halogens is 3. The molecule has 2 N–H and O–H groups in total. The summed E-state index contributed by atoms with van der Waals surface area (Å²) in [6.07, 6.45) is 0.983. The molecule has 1 unspecified atom stereocenters. The first kappa shape index (κ1) is 26.9. The molecular weight excluding hydrogens is 455 g/mol. The third-order valence-electron chi connectivity index (χ3n) is 5.09. The summed E-state index contributed by atoms with van der Waals surface area (Å²) < 4.78 is 72.0. The fourth-order valence-electron chi connectivity index (χ4n) is 3.45. The van der Waals surface area contributed by atoms with Crippen LogP contribution in [0.5, 0.6) is 0 Å². The van der Waals surface area contributed by atoms with Crippen molar-refractivity contribution < 1.29 is 31.9 Å². The number of aromatic nitrogens is 2. The van der Waals surface area contributed by atoms with Gasteiger partial charge < -0.3 is 18.8 Å². The van der Waals surface area contributed by atoms with Crippen LogP contribution in [0.2, 0.25) is 0 Å². The molecule has 184 valence electrons. The minimum absolute atomic E-state index is 0.00131. The molecule has 1 saturated heterocycles. The van der Waals surface area contributed by atoms with Crippen molar-refractivity contribution >= 4 is 11.4 Å². The highest BCUT2D eigenvalue weighted by Crippen LogP contribution is 2.41. The summed E-state index contributed by atoms with van der Waals surface area (Å²) in [6.45, 7) is 5.90. The van der Waals surface area contributed by atoms with Crippen molar-refractivity contribution in [3.8, 4) is 0 Å². The van der Waals surface area contributed by atoms with Crippen LogP contribution in [0.25, 0.3) is 0 Å². The van der Waals surface area contributed by atoms with Crippen LogP contribution in [0.3, 0.4) is 0 Å². The molecule has 0 radical (unpaired) electrons. The summed E-state index contributed by atoms with van der Waals surface area (Å²) in [5, 5.41) is 0. The topological polar surface area (TPSA) is 118 Å². The Morgan fingerprint density at radius 1 is 1.28 bits per heavy atom. The number of nitrogens with one attached hydrogen (secondary N) is 2. The van der Waals surface area contributed by atoms with Gasteiger partial charge in [0.05, 0.1) is 6.61 Å². The van der Waals surface area contributed by atoms with Crippen LogP contribution < -0.4 is 16.0 Å². The van der Waals surface area contributed by atoms with E-state index in [0.29, 0.717) is 13.0 Å². The lowest BCUT2D eigenvalue weighted by atomic mass is 9.93. The average molecular weight is 486 g/mol. The van der Waals surface area contributed by atoms with Gasteiger partial charge in [-0.2, -0.15) is 0 Å². The fourth-order valence-corrected chi connectivity index (χ4v) is 4.18. The molecule has 1 aliphatic heterocycles. The fraction of sp³-hybridized carbons (Fsp3) is 0.789. The number of rotatable bonds is 12. The van der Waals surface area contributed by atoms with Crippen molar-refractivity contribution in [2.45, 2.75) is 75.9 Å². The van der Waals surface area contributed by atoms with E-state index in [-0.39, 0.29) is 13.2 Å². The molecule has 0 aliphatic carbocycles. The van der Waals surface area contributed by atoms with E-state index >= 15 is 0 Å². The highest BCUT2D eigenvalue weighted by molar-refractivity contribution is 7.90. The summed E-state index contributed by atoms with van der Waals surface area (Å²) in [5.74, 6) is 0. The lowest BCUT2D eigenvalue weighted by Gasteiger charge is -2.35. The van der Waals surface area contributed by atoms with E-state index in [4.69, 9.17) is 14.2 Å². The van der Waals surface area contributed by atoms with Gasteiger partial charge in [0.15, 0.2) is 17.6 Å². The molecule has 5 atom stereocenters. The second kappa shape index (κ2) is 11.7. The number of nitrogens with zero attached hydrogens (tertiary/aromatic N) is 1. The standard InChI is InChI=1S/C19H30F3N3O6S/c1-4-6-10-29-12-13-15(30-11-7-5-2)18(3,24-32(28)19(20,21)22)16(31-13)25-9-8-14(26)23-17(25)27/h8-9,13,15-16,24H,4-7,10-12H2,1-3H3,(H,23,26,27)/t13-,15-,16-,18-,32?/m1/s1. The number of H-pyrrole nitrogens is 1. The molecule has 9 nitrogen and oxygen atoms in total. The van der Waals surface area contributed by atoms with Gasteiger partial charge in [0.2, 0.25) is 0 Å². The predicted molar refractivity (Wildman–Crippen MR) is 111 cm³/mol. The molecule has 32 heavy (non-hydrogen) atoms. The second-order valence-corrected chi connectivity index (χ2v) is 8.92. The summed E-state index contributed by atoms with van der Waals surface area (Å²) >= 11 is -3.46. The number of alkyl halides is 3. The smallest absolute Gasteiger partial charge is 0.591 e. The third kappa shape index (κ3) is 6.58. The SMILES string of the molecule is CCCCOC[C@H]1O[C@@H](n2ccc(=O)[nH]c2=O)[C@](C)(N[S+]([O-])C(F)(F)F)[C@@H]1OCCCC. The van der Waals surface area contributed by atoms with Gasteiger partial charge in [-0.25, -0.2) is 4.79 Å². The summed E-state index contributed by atoms with van der Waals surface area (Å²) in [4.78, 5) is 25.9. The average Bonchev–Trinajstić information content (AvgIpc) is 2.96. The Hall–Kier alpha value is -1.38. The Bertz CT molecular complexity index is 836. The van der Waals surface area contributed by atoms with Crippen molar-refractivity contribution in [1.82, 2.24) is 14.3 Å². The van der Waals surface area contributed by atoms with Crippen molar-refractivity contribution in [2.75, 3.05) is 19.8 Å². The van der Waals surface area contributed by atoms with Gasteiger partial charge in [-0.1, -0.05) is 26.7 Å². The molecule has 0 bridgehead atoms. The van der Waals surface area contributed by atoms with E-state index in [2.05, 4.69) is 9.71 Å². The molecule has 1 aromatic rings. The van der Waals surface area contributed by atoms with Crippen molar-refractivity contribution in [1.29, 1.82) is 0 Å². The molecule has 0 saturated carbocycles. The van der Waals surface area contributed by atoms with Crippen molar-refractivity contribution in [2.24, 2.45) is 0 Å². The molecule has 0 spiro atoms. The maximum atomic E-state index is 13.2. The Kier molecular flexibility index (Phi) is 9.79. The van der Waals surface area contributed by atoms with Crippen LogP contribution in [0.4, 0.5) is 13.2 Å². The second-order valence-electron chi connectivity index (χ2n) is 7.72. The van der Waals surface area contributed by atoms with Crippen LogP contribution in [0.15, 0.2) is 21.9 Å². The quantitative estimate of drug-likeness (QED) is 0.343. The van der Waals surface area contributed by atoms with Crippen LogP contribution in [0.1, 0.15) is 52.7 Å². The Labute approximate surface area is 186 Å². The van der Waals surface area contributed by atoms with Crippen LogP contribution in [-0.4, -0.2) is 57.2 Å². The van der Waals surface area contributed by atoms with Gasteiger partial charge >= 0.3 is 11.2 Å². The number of ether oxygens (including phenoxy) is 3. The van der Waals surface area contributed by atoms with Crippen molar-refractivity contribution in [3.63, 3.8) is 0 Å². The first-order chi connectivity index (χ1) is 15.0. The minimum atomic E-state index is -5.05. The molecular formula is C19H30F3N3O6S. The van der Waals surface area contributed by atoms with E-state index in [1.165, 1.54) is 6.92 Å². The van der Waals surface area contributed by atoms with E-state index in [0.717, 1.165) is 36.1 Å². The third-order valence-corrected chi connectivity index (χ3v) is 6.14. The molecule has 1 aromatic heterocycles. The van der Waals surface area contributed by atoms with Crippen LogP contribution in [-0.2, 0) is 25.6 Å². The highest BCUT2D eigenvalue weighted by Gasteiger charge is 2.61. The maximum absolute atomic E-state index is 13.2. The first-order valence-electron chi connectivity index (χ1n) is 10.5. The predicted octanol–water partition coefficient (Wildman–Crippen LogP) is 1.97. The number of hydrogen-bond acceptors (Lipinski definition) is 7. The van der Waals surface area contributed by atoms with E-state index in [1.54, 1.807) is 0 Å². The Morgan fingerprint density at radius 3 is 2.53 bits per heavy atom. The van der Waals surface area contributed by atoms with Gasteiger partial charge in [-0.3, -0.25) is 14.3 Å². The monoisotopic (exact) mass is 485 g/mol. The molecule has 0 amide bonds. The molecule has 13 heteroatoms. The Balaban J connectivity index is 2.44. The molecule has 0 aromatic carbocycles. The molecule has 1 fully saturated rings. The van der Waals surface area contributed by atoms with Gasteiger partial charge in [0.1, 0.15) is 17.7 Å². The number of unbranched alkanes of at least 4 members (excludes halogenated alkanes) is 2. The van der Waals surface area contributed by atoms with Crippen LogP contribution in [0, 0.1) is 0 Å². The molecule has 2 rings (SSSR count).